The third kappa shape index (κ3) is 7.42. The van der Waals surface area contributed by atoms with Gasteiger partial charge in [0.1, 0.15) is 0 Å². The summed E-state index contributed by atoms with van der Waals surface area (Å²) in [7, 11) is 0. The van der Waals surface area contributed by atoms with Crippen LogP contribution < -0.4 is 0 Å². The average molecular weight is 398 g/mol. The summed E-state index contributed by atoms with van der Waals surface area (Å²) in [5.74, 6) is 2.80. The van der Waals surface area contributed by atoms with Crippen molar-refractivity contribution in [1.82, 2.24) is 4.90 Å². The van der Waals surface area contributed by atoms with Crippen LogP contribution in [0.25, 0.3) is 0 Å². The molecule has 0 atom stereocenters. The number of halogens is 1. The van der Waals surface area contributed by atoms with Crippen LogP contribution in [0.5, 0.6) is 0 Å². The highest BCUT2D eigenvalue weighted by molar-refractivity contribution is 8.00. The number of hydrogen-bond acceptors (Lipinski definition) is 3. The normalized spacial score (nSPS) is 21.2. The third-order valence-corrected chi connectivity index (χ3v) is 7.11. The minimum absolute atomic E-state index is 0.709. The van der Waals surface area contributed by atoms with E-state index in [1.165, 1.54) is 68.8 Å². The van der Waals surface area contributed by atoms with Crippen molar-refractivity contribution in [2.75, 3.05) is 44.4 Å². The first-order valence-corrected chi connectivity index (χ1v) is 11.9. The van der Waals surface area contributed by atoms with Gasteiger partial charge >= 0.3 is 0 Å². The Hall–Kier alpha value is -0.220. The van der Waals surface area contributed by atoms with Gasteiger partial charge in [-0.1, -0.05) is 37.6 Å². The molecule has 4 rings (SSSR count). The van der Waals surface area contributed by atoms with E-state index >= 15 is 0 Å². The molecule has 0 bridgehead atoms. The number of nitrogens with zero attached hydrogens (tertiary/aromatic N) is 1. The quantitative estimate of drug-likeness (QED) is 0.625. The number of hydrogen-bond donors (Lipinski definition) is 0. The van der Waals surface area contributed by atoms with Crippen LogP contribution in [-0.4, -0.2) is 49.3 Å². The molecular weight excluding hydrogens is 362 g/mol. The summed E-state index contributed by atoms with van der Waals surface area (Å²) < 4.78 is 5.07. The second-order valence-corrected chi connectivity index (χ2v) is 8.85. The molecule has 2 nitrogen and oxygen atoms in total. The number of aryl methyl sites for hydroxylation is 1. The molecule has 0 aromatic heterocycles. The Bertz CT molecular complexity index is 491. The van der Waals surface area contributed by atoms with Crippen LogP contribution in [0.2, 0.25) is 5.02 Å². The van der Waals surface area contributed by atoms with Crippen molar-refractivity contribution in [2.24, 2.45) is 5.41 Å². The molecule has 0 aliphatic carbocycles. The van der Waals surface area contributed by atoms with Crippen LogP contribution in [0.15, 0.2) is 24.3 Å². The smallest absolute Gasteiger partial charge is 0.0466 e. The van der Waals surface area contributed by atoms with E-state index < -0.39 is 0 Å². The molecule has 1 aromatic rings. The summed E-state index contributed by atoms with van der Waals surface area (Å²) in [6.45, 7) is 9.91. The first-order chi connectivity index (χ1) is 12.8. The van der Waals surface area contributed by atoms with Gasteiger partial charge < -0.3 is 9.64 Å². The molecule has 3 saturated heterocycles. The summed E-state index contributed by atoms with van der Waals surface area (Å²) in [5.41, 5.74) is 2.08. The molecule has 0 saturated carbocycles. The van der Waals surface area contributed by atoms with E-state index in [9.17, 15) is 0 Å². The van der Waals surface area contributed by atoms with Gasteiger partial charge in [-0.2, -0.15) is 11.8 Å². The van der Waals surface area contributed by atoms with Crippen molar-refractivity contribution < 1.29 is 4.74 Å². The predicted octanol–water partition coefficient (Wildman–Crippen LogP) is 5.92. The van der Waals surface area contributed by atoms with E-state index in [1.807, 2.05) is 26.0 Å². The van der Waals surface area contributed by atoms with E-state index in [0.29, 0.717) is 5.41 Å². The maximum atomic E-state index is 6.00. The summed E-state index contributed by atoms with van der Waals surface area (Å²) in [6.07, 6.45) is 7.76. The third-order valence-electron chi connectivity index (χ3n) is 5.24. The summed E-state index contributed by atoms with van der Waals surface area (Å²) in [5, 5.41) is 0.860. The maximum absolute atomic E-state index is 6.00. The Balaban J connectivity index is 0.000000256. The van der Waals surface area contributed by atoms with Gasteiger partial charge in [0.05, 0.1) is 0 Å². The van der Waals surface area contributed by atoms with Crippen LogP contribution in [-0.2, 0) is 11.2 Å². The summed E-state index contributed by atoms with van der Waals surface area (Å²) >= 11 is 8.12. The summed E-state index contributed by atoms with van der Waals surface area (Å²) in [4.78, 5) is 2.66. The largest absolute Gasteiger partial charge is 0.381 e. The lowest BCUT2D eigenvalue weighted by molar-refractivity contribution is 0.0968. The van der Waals surface area contributed by atoms with Gasteiger partial charge in [0.15, 0.2) is 0 Å². The molecule has 3 heterocycles. The molecule has 3 aliphatic rings. The molecule has 148 valence electrons. The number of rotatable bonds is 4. The molecule has 0 unspecified atom stereocenters. The predicted molar refractivity (Wildman–Crippen MR) is 117 cm³/mol. The van der Waals surface area contributed by atoms with Gasteiger partial charge in [0, 0.05) is 41.7 Å². The monoisotopic (exact) mass is 397 g/mol. The Morgan fingerprint density at radius 2 is 1.92 bits per heavy atom. The molecule has 1 aromatic carbocycles. The van der Waals surface area contributed by atoms with E-state index in [4.69, 9.17) is 16.3 Å². The Labute approximate surface area is 170 Å². The molecule has 26 heavy (non-hydrogen) atoms. The van der Waals surface area contributed by atoms with E-state index in [2.05, 4.69) is 28.8 Å². The van der Waals surface area contributed by atoms with Crippen molar-refractivity contribution >= 4 is 23.4 Å². The van der Waals surface area contributed by atoms with Gasteiger partial charge in [0.25, 0.3) is 0 Å². The van der Waals surface area contributed by atoms with Crippen LogP contribution in [0.4, 0.5) is 0 Å². The van der Waals surface area contributed by atoms with Crippen LogP contribution in [0.1, 0.15) is 51.5 Å². The topological polar surface area (TPSA) is 12.5 Å². The van der Waals surface area contributed by atoms with Gasteiger partial charge in [-0.25, -0.2) is 0 Å². The first-order valence-electron chi connectivity index (χ1n) is 10.4. The van der Waals surface area contributed by atoms with Crippen LogP contribution in [0.3, 0.4) is 0 Å². The highest BCUT2D eigenvalue weighted by atomic mass is 35.5. The van der Waals surface area contributed by atoms with Gasteiger partial charge in [-0.3, -0.25) is 0 Å². The molecule has 3 fully saturated rings. The minimum atomic E-state index is 0.709. The molecule has 0 radical (unpaired) electrons. The fraction of sp³-hybridized carbons (Fsp3) is 0.727. The second-order valence-electron chi connectivity index (χ2n) is 7.43. The number of likely N-dealkylation sites (tertiary alicyclic amines) is 1. The summed E-state index contributed by atoms with van der Waals surface area (Å²) in [6, 6.07) is 8.27. The van der Waals surface area contributed by atoms with Crippen molar-refractivity contribution in [3.63, 3.8) is 0 Å². The highest BCUT2D eigenvalue weighted by Gasteiger charge is 2.43. The highest BCUT2D eigenvalue weighted by Crippen LogP contribution is 2.45. The fourth-order valence-electron chi connectivity index (χ4n) is 3.73. The van der Waals surface area contributed by atoms with Gasteiger partial charge in [-0.05, 0) is 69.3 Å². The maximum Gasteiger partial charge on any atom is 0.0466 e. The van der Waals surface area contributed by atoms with E-state index in [0.717, 1.165) is 24.7 Å². The number of benzene rings is 1. The van der Waals surface area contributed by atoms with E-state index in [1.54, 1.807) is 0 Å². The van der Waals surface area contributed by atoms with Crippen molar-refractivity contribution in [1.29, 1.82) is 0 Å². The van der Waals surface area contributed by atoms with Crippen LogP contribution >= 0.6 is 23.4 Å². The zero-order chi connectivity index (χ0) is 18.7. The molecule has 4 heteroatoms. The van der Waals surface area contributed by atoms with Gasteiger partial charge in [-0.15, -0.1) is 0 Å². The number of ether oxygens (including phenoxy) is 1. The van der Waals surface area contributed by atoms with Crippen molar-refractivity contribution in [2.45, 2.75) is 52.4 Å². The molecular formula is C22H36ClNOS. The Morgan fingerprint density at radius 3 is 2.42 bits per heavy atom. The fourth-order valence-corrected chi connectivity index (χ4v) is 5.20. The number of thioether (sulfide) groups is 1. The lowest BCUT2D eigenvalue weighted by Gasteiger charge is -2.37. The average Bonchev–Trinajstić information content (AvgIpc) is 3.11. The van der Waals surface area contributed by atoms with Gasteiger partial charge in [0.2, 0.25) is 0 Å². The van der Waals surface area contributed by atoms with Crippen LogP contribution in [0, 0.1) is 5.41 Å². The molecule has 1 spiro atoms. The standard InChI is InChI=1S/C15H20ClNS.C5H10O.C2H6/c16-14-5-1-3-13(9-14)4-2-7-17-8-6-15(10-17)11-18-12-15;1-2-4-6-5-3-1;1-2/h1,3,5,9H,2,4,6-8,10-12H2;1-5H2;1-2H3. The first kappa shape index (κ1) is 22.1. The van der Waals surface area contributed by atoms with Crippen molar-refractivity contribution in [3.05, 3.63) is 34.9 Å². The molecule has 0 amide bonds. The molecule has 3 aliphatic heterocycles. The van der Waals surface area contributed by atoms with Crippen molar-refractivity contribution in [3.8, 4) is 0 Å². The zero-order valence-corrected chi connectivity index (χ0v) is 18.2. The zero-order valence-electron chi connectivity index (χ0n) is 16.6. The Morgan fingerprint density at radius 1 is 1.15 bits per heavy atom. The second kappa shape index (κ2) is 12.3. The SMILES string of the molecule is C1CCOCC1.CC.Clc1cccc(CCCN2CCC3(CSC3)C2)c1. The minimum Gasteiger partial charge on any atom is -0.381 e. The Kier molecular flexibility index (Phi) is 10.4. The lowest BCUT2D eigenvalue weighted by atomic mass is 9.91. The lowest BCUT2D eigenvalue weighted by Crippen LogP contribution is -2.38. The molecule has 0 N–H and O–H groups in total. The van der Waals surface area contributed by atoms with E-state index in [-0.39, 0.29) is 0 Å².